The Morgan fingerprint density at radius 1 is 1.27 bits per heavy atom. The van der Waals surface area contributed by atoms with Crippen molar-refractivity contribution in [3.05, 3.63) is 52.8 Å². The van der Waals surface area contributed by atoms with Crippen LogP contribution in [-0.2, 0) is 0 Å². The van der Waals surface area contributed by atoms with E-state index in [2.05, 4.69) is 20.6 Å². The number of halogens is 1. The molecule has 0 radical (unpaired) electrons. The molecule has 0 unspecified atom stereocenters. The summed E-state index contributed by atoms with van der Waals surface area (Å²) in [7, 11) is 0. The Hall–Kier alpha value is -2.77. The van der Waals surface area contributed by atoms with E-state index in [4.69, 9.17) is 16.3 Å². The Balaban J connectivity index is 1.39. The Labute approximate surface area is 179 Å². The van der Waals surface area contributed by atoms with Crippen LogP contribution < -0.4 is 15.4 Å². The van der Waals surface area contributed by atoms with Gasteiger partial charge in [-0.1, -0.05) is 11.6 Å². The summed E-state index contributed by atoms with van der Waals surface area (Å²) in [5.74, 6) is 0.760. The van der Waals surface area contributed by atoms with Crippen LogP contribution >= 0.6 is 11.6 Å². The van der Waals surface area contributed by atoms with Gasteiger partial charge >= 0.3 is 0 Å². The van der Waals surface area contributed by atoms with E-state index >= 15 is 0 Å². The number of hydrogen-bond acceptors (Lipinski definition) is 6. The highest BCUT2D eigenvalue weighted by Gasteiger charge is 2.21. The molecule has 0 aliphatic carbocycles. The van der Waals surface area contributed by atoms with Crippen LogP contribution in [0.25, 0.3) is 0 Å². The van der Waals surface area contributed by atoms with Gasteiger partial charge in [-0.3, -0.25) is 19.6 Å². The maximum Gasteiger partial charge on any atom is 0.252 e. The van der Waals surface area contributed by atoms with Crippen molar-refractivity contribution in [1.82, 2.24) is 15.6 Å². The third-order valence-corrected chi connectivity index (χ3v) is 5.67. The highest BCUT2D eigenvalue weighted by molar-refractivity contribution is 6.33. The van der Waals surface area contributed by atoms with Gasteiger partial charge in [-0.25, -0.2) is 0 Å². The Bertz CT molecular complexity index is 986. The number of ketones is 1. The summed E-state index contributed by atoms with van der Waals surface area (Å²) in [6, 6.07) is 6.64. The van der Waals surface area contributed by atoms with Crippen LogP contribution in [0, 0.1) is 5.92 Å². The van der Waals surface area contributed by atoms with E-state index in [9.17, 15) is 9.59 Å². The number of piperidine rings is 1. The van der Waals surface area contributed by atoms with E-state index in [-0.39, 0.29) is 24.7 Å². The number of carbonyl (C=O) groups is 2. The first-order valence-corrected chi connectivity index (χ1v) is 10.4. The summed E-state index contributed by atoms with van der Waals surface area (Å²) in [5.41, 5.74) is 2.13. The summed E-state index contributed by atoms with van der Waals surface area (Å²) in [5, 5.41) is 6.66. The SMILES string of the molecule is O=C(NCC1CCNCC1)c1cc(OCC2=Nc3cnccc3C(=O)C2)ccc1Cl. The molecule has 3 heterocycles. The number of benzene rings is 1. The molecule has 7 nitrogen and oxygen atoms in total. The summed E-state index contributed by atoms with van der Waals surface area (Å²) >= 11 is 6.24. The Morgan fingerprint density at radius 2 is 2.10 bits per heavy atom. The topological polar surface area (TPSA) is 92.7 Å². The second kappa shape index (κ2) is 9.36. The number of aliphatic imine (C=N–C) groups is 1. The lowest BCUT2D eigenvalue weighted by molar-refractivity contribution is 0.0943. The number of aromatic nitrogens is 1. The highest BCUT2D eigenvalue weighted by Crippen LogP contribution is 2.26. The van der Waals surface area contributed by atoms with E-state index < -0.39 is 0 Å². The first-order valence-electron chi connectivity index (χ1n) is 10.0. The first kappa shape index (κ1) is 20.5. The van der Waals surface area contributed by atoms with Gasteiger partial charge in [0.15, 0.2) is 5.78 Å². The van der Waals surface area contributed by atoms with Gasteiger partial charge in [0, 0.05) is 18.3 Å². The minimum absolute atomic E-state index is 0.00455. The predicted octanol–water partition coefficient (Wildman–Crippen LogP) is 3.20. The Morgan fingerprint density at radius 3 is 2.93 bits per heavy atom. The lowest BCUT2D eigenvalue weighted by Crippen LogP contribution is -2.36. The monoisotopic (exact) mass is 426 g/mol. The van der Waals surface area contributed by atoms with Gasteiger partial charge in [0.25, 0.3) is 5.91 Å². The van der Waals surface area contributed by atoms with E-state index in [1.54, 1.807) is 36.7 Å². The van der Waals surface area contributed by atoms with Gasteiger partial charge in [-0.15, -0.1) is 0 Å². The fourth-order valence-corrected chi connectivity index (χ4v) is 3.84. The fraction of sp³-hybridized carbons (Fsp3) is 0.364. The van der Waals surface area contributed by atoms with Gasteiger partial charge < -0.3 is 15.4 Å². The van der Waals surface area contributed by atoms with Crippen LogP contribution in [0.1, 0.15) is 40.0 Å². The van der Waals surface area contributed by atoms with Crippen LogP contribution in [0.2, 0.25) is 5.02 Å². The van der Waals surface area contributed by atoms with Crippen molar-refractivity contribution in [2.45, 2.75) is 19.3 Å². The summed E-state index contributed by atoms with van der Waals surface area (Å²) in [6.07, 6.45) is 5.46. The molecule has 2 aliphatic heterocycles. The fourth-order valence-electron chi connectivity index (χ4n) is 3.64. The molecule has 1 saturated heterocycles. The molecule has 30 heavy (non-hydrogen) atoms. The molecule has 1 fully saturated rings. The third kappa shape index (κ3) is 4.86. The van der Waals surface area contributed by atoms with Gasteiger partial charge in [0.05, 0.1) is 34.6 Å². The molecule has 0 spiro atoms. The zero-order chi connectivity index (χ0) is 20.9. The molecule has 8 heteroatoms. The summed E-state index contributed by atoms with van der Waals surface area (Å²) in [6.45, 7) is 2.75. The predicted molar refractivity (Wildman–Crippen MR) is 115 cm³/mol. The molecule has 0 atom stereocenters. The number of pyridine rings is 1. The standard InChI is InChI=1S/C22H23ClN4O3/c23-19-2-1-16(10-18(19)22(29)26-11-14-3-6-24-7-4-14)30-13-15-9-21(28)17-5-8-25-12-20(17)27-15/h1-2,5,8,10,12,14,24H,3-4,6-7,9,11,13H2,(H,26,29). The number of hydrogen-bond donors (Lipinski definition) is 2. The molecule has 156 valence electrons. The average molecular weight is 427 g/mol. The molecule has 1 amide bonds. The van der Waals surface area contributed by atoms with Crippen molar-refractivity contribution < 1.29 is 14.3 Å². The van der Waals surface area contributed by atoms with Crippen LogP contribution in [0.3, 0.4) is 0 Å². The number of ether oxygens (including phenoxy) is 1. The average Bonchev–Trinajstić information content (AvgIpc) is 2.77. The molecule has 0 bridgehead atoms. The quantitative estimate of drug-likeness (QED) is 0.739. The molecule has 2 aromatic rings. The van der Waals surface area contributed by atoms with E-state index in [0.717, 1.165) is 25.9 Å². The van der Waals surface area contributed by atoms with Gasteiger partial charge in [0.1, 0.15) is 12.4 Å². The van der Waals surface area contributed by atoms with Crippen molar-refractivity contribution in [2.75, 3.05) is 26.2 Å². The van der Waals surface area contributed by atoms with Crippen molar-refractivity contribution in [1.29, 1.82) is 0 Å². The number of fused-ring (bicyclic) bond motifs is 1. The minimum Gasteiger partial charge on any atom is -0.488 e. The molecule has 4 rings (SSSR count). The number of Topliss-reactive ketones (excluding diaryl/α,β-unsaturated/α-hetero) is 1. The van der Waals surface area contributed by atoms with Crippen LogP contribution in [-0.4, -0.2) is 48.6 Å². The van der Waals surface area contributed by atoms with E-state index in [1.165, 1.54) is 0 Å². The molecule has 2 N–H and O–H groups in total. The molecule has 1 aromatic carbocycles. The zero-order valence-corrected chi connectivity index (χ0v) is 17.2. The van der Waals surface area contributed by atoms with Crippen molar-refractivity contribution in [3.8, 4) is 5.75 Å². The minimum atomic E-state index is -0.214. The van der Waals surface area contributed by atoms with Crippen LogP contribution in [0.5, 0.6) is 5.75 Å². The number of amides is 1. The van der Waals surface area contributed by atoms with Gasteiger partial charge in [-0.2, -0.15) is 0 Å². The lowest BCUT2D eigenvalue weighted by Gasteiger charge is -2.22. The van der Waals surface area contributed by atoms with Crippen molar-refractivity contribution >= 4 is 34.7 Å². The number of carbonyl (C=O) groups excluding carboxylic acids is 2. The van der Waals surface area contributed by atoms with Gasteiger partial charge in [-0.05, 0) is 56.1 Å². The molecular weight excluding hydrogens is 404 g/mol. The van der Waals surface area contributed by atoms with Crippen LogP contribution in [0.15, 0.2) is 41.7 Å². The van der Waals surface area contributed by atoms with Gasteiger partial charge in [0.2, 0.25) is 0 Å². The zero-order valence-electron chi connectivity index (χ0n) is 16.5. The normalized spacial score (nSPS) is 16.6. The second-order valence-corrected chi connectivity index (χ2v) is 7.91. The summed E-state index contributed by atoms with van der Waals surface area (Å²) < 4.78 is 5.80. The van der Waals surface area contributed by atoms with Crippen LogP contribution in [0.4, 0.5) is 5.69 Å². The third-order valence-electron chi connectivity index (χ3n) is 5.34. The molecule has 1 aromatic heterocycles. The van der Waals surface area contributed by atoms with Crippen molar-refractivity contribution in [2.24, 2.45) is 10.9 Å². The second-order valence-electron chi connectivity index (χ2n) is 7.50. The lowest BCUT2D eigenvalue weighted by atomic mass is 9.98. The highest BCUT2D eigenvalue weighted by atomic mass is 35.5. The number of nitrogens with zero attached hydrogens (tertiary/aromatic N) is 2. The molecule has 2 aliphatic rings. The Kier molecular flexibility index (Phi) is 6.40. The van der Waals surface area contributed by atoms with E-state index in [1.807, 2.05) is 0 Å². The molecular formula is C22H23ClN4O3. The number of rotatable bonds is 6. The first-order chi connectivity index (χ1) is 14.6. The van der Waals surface area contributed by atoms with Crippen molar-refractivity contribution in [3.63, 3.8) is 0 Å². The largest absolute Gasteiger partial charge is 0.488 e. The number of nitrogens with one attached hydrogen (secondary N) is 2. The molecule has 0 saturated carbocycles. The maximum atomic E-state index is 12.6. The summed E-state index contributed by atoms with van der Waals surface area (Å²) in [4.78, 5) is 33.3. The van der Waals surface area contributed by atoms with E-state index in [0.29, 0.717) is 45.8 Å². The smallest absolute Gasteiger partial charge is 0.252 e. The maximum absolute atomic E-state index is 12.6.